The monoisotopic (exact) mass is 377 g/mol. The lowest BCUT2D eigenvalue weighted by molar-refractivity contribution is -0.133. The molecule has 0 spiro atoms. The molecule has 0 N–H and O–H groups in total. The van der Waals surface area contributed by atoms with Gasteiger partial charge in [-0.25, -0.2) is 13.4 Å². The van der Waals surface area contributed by atoms with E-state index >= 15 is 0 Å². The quantitative estimate of drug-likeness (QED) is 0.797. The Kier molecular flexibility index (Phi) is 4.88. The highest BCUT2D eigenvalue weighted by molar-refractivity contribution is 7.91. The van der Waals surface area contributed by atoms with Crippen LogP contribution < -0.4 is 4.90 Å². The van der Waals surface area contributed by atoms with Crippen LogP contribution in [0, 0.1) is 13.8 Å². The number of amides is 2. The molecule has 140 valence electrons. The number of sulfone groups is 1. The van der Waals surface area contributed by atoms with Crippen molar-refractivity contribution in [3.05, 3.63) is 29.3 Å². The van der Waals surface area contributed by atoms with E-state index < -0.39 is 15.9 Å². The van der Waals surface area contributed by atoms with E-state index in [1.54, 1.807) is 11.9 Å². The van der Waals surface area contributed by atoms with Gasteiger partial charge in [0.1, 0.15) is 5.71 Å². The van der Waals surface area contributed by atoms with E-state index in [9.17, 15) is 18.0 Å². The fourth-order valence-electron chi connectivity index (χ4n) is 3.38. The van der Waals surface area contributed by atoms with Gasteiger partial charge in [-0.15, -0.1) is 0 Å². The summed E-state index contributed by atoms with van der Waals surface area (Å²) in [7, 11) is -1.45. The molecular weight excluding hydrogens is 354 g/mol. The molecule has 1 aromatic carbocycles. The zero-order valence-corrected chi connectivity index (χ0v) is 16.0. The fourth-order valence-corrected chi connectivity index (χ4v) is 5.07. The molecule has 2 heterocycles. The van der Waals surface area contributed by atoms with E-state index in [0.29, 0.717) is 6.42 Å². The molecule has 1 saturated heterocycles. The van der Waals surface area contributed by atoms with Crippen LogP contribution in [0.4, 0.5) is 5.69 Å². The van der Waals surface area contributed by atoms with Gasteiger partial charge in [-0.3, -0.25) is 9.59 Å². The lowest BCUT2D eigenvalue weighted by atomic mass is 10.1. The third-order valence-electron chi connectivity index (χ3n) is 5.10. The predicted octanol–water partition coefficient (Wildman–Crippen LogP) is 1.43. The molecular formula is C18H23N3O4S. The third-order valence-corrected chi connectivity index (χ3v) is 6.85. The molecule has 2 aliphatic rings. The van der Waals surface area contributed by atoms with Crippen LogP contribution in [0.5, 0.6) is 0 Å². The molecule has 0 aliphatic carbocycles. The highest BCUT2D eigenvalue weighted by atomic mass is 32.2. The van der Waals surface area contributed by atoms with Gasteiger partial charge in [0.15, 0.2) is 9.84 Å². The molecule has 1 atom stereocenters. The molecule has 7 nitrogen and oxygen atoms in total. The number of hydrazone groups is 1. The van der Waals surface area contributed by atoms with E-state index in [0.717, 1.165) is 16.8 Å². The van der Waals surface area contributed by atoms with Crippen molar-refractivity contribution in [2.75, 3.05) is 23.5 Å². The SMILES string of the molecule is Cc1cccc(N(C)C(=O)C2=NN(C3CCS(=O)(=O)C3)C(=O)CC2)c1C. The first-order valence-electron chi connectivity index (χ1n) is 8.64. The van der Waals surface area contributed by atoms with Crippen LogP contribution in [0.2, 0.25) is 0 Å². The Balaban J connectivity index is 1.85. The number of anilines is 1. The van der Waals surface area contributed by atoms with Crippen LogP contribution in [0.15, 0.2) is 23.3 Å². The summed E-state index contributed by atoms with van der Waals surface area (Å²) >= 11 is 0. The van der Waals surface area contributed by atoms with Gasteiger partial charge in [0, 0.05) is 25.6 Å². The lowest BCUT2D eigenvalue weighted by Gasteiger charge is -2.29. The minimum absolute atomic E-state index is 0.0582. The molecule has 0 saturated carbocycles. The maximum Gasteiger partial charge on any atom is 0.274 e. The smallest absolute Gasteiger partial charge is 0.274 e. The topological polar surface area (TPSA) is 87.1 Å². The maximum atomic E-state index is 12.9. The van der Waals surface area contributed by atoms with Gasteiger partial charge in [0.25, 0.3) is 5.91 Å². The van der Waals surface area contributed by atoms with E-state index in [1.807, 2.05) is 32.0 Å². The molecule has 0 aromatic heterocycles. The lowest BCUT2D eigenvalue weighted by Crippen LogP contribution is -2.44. The number of carbonyl (C=O) groups excluding carboxylic acids is 2. The van der Waals surface area contributed by atoms with Crippen molar-refractivity contribution in [1.82, 2.24) is 5.01 Å². The molecule has 2 aliphatic heterocycles. The van der Waals surface area contributed by atoms with Gasteiger partial charge < -0.3 is 4.90 Å². The third kappa shape index (κ3) is 3.51. The molecule has 0 bridgehead atoms. The van der Waals surface area contributed by atoms with Crippen molar-refractivity contribution < 1.29 is 18.0 Å². The van der Waals surface area contributed by atoms with Crippen LogP contribution in [0.1, 0.15) is 30.4 Å². The largest absolute Gasteiger partial charge is 0.310 e. The molecule has 0 radical (unpaired) electrons. The summed E-state index contributed by atoms with van der Waals surface area (Å²) in [4.78, 5) is 26.6. The van der Waals surface area contributed by atoms with E-state index in [-0.39, 0.29) is 41.9 Å². The zero-order valence-electron chi connectivity index (χ0n) is 15.2. The summed E-state index contributed by atoms with van der Waals surface area (Å²) in [5.74, 6) is -0.519. The van der Waals surface area contributed by atoms with Crippen molar-refractivity contribution in [2.45, 2.75) is 39.2 Å². The first kappa shape index (κ1) is 18.6. The minimum Gasteiger partial charge on any atom is -0.310 e. The second kappa shape index (κ2) is 6.83. The average Bonchev–Trinajstić information content (AvgIpc) is 2.96. The number of carbonyl (C=O) groups is 2. The molecule has 1 fully saturated rings. The standard InChI is InChI=1S/C18H23N3O4S/c1-12-5-4-6-16(13(12)2)20(3)18(23)15-7-8-17(22)21(19-15)14-9-10-26(24,25)11-14/h4-6,14H,7-11H2,1-3H3. The van der Waals surface area contributed by atoms with Gasteiger partial charge in [-0.05, 0) is 37.5 Å². The van der Waals surface area contributed by atoms with Gasteiger partial charge in [0.05, 0.1) is 17.5 Å². The van der Waals surface area contributed by atoms with Gasteiger partial charge >= 0.3 is 0 Å². The van der Waals surface area contributed by atoms with Gasteiger partial charge in [-0.2, -0.15) is 5.10 Å². The Morgan fingerprint density at radius 2 is 2.00 bits per heavy atom. The first-order valence-corrected chi connectivity index (χ1v) is 10.5. The summed E-state index contributed by atoms with van der Waals surface area (Å²) in [5, 5.41) is 5.47. The van der Waals surface area contributed by atoms with Crippen LogP contribution >= 0.6 is 0 Å². The van der Waals surface area contributed by atoms with Crippen molar-refractivity contribution in [3.63, 3.8) is 0 Å². The van der Waals surface area contributed by atoms with E-state index in [1.165, 1.54) is 5.01 Å². The van der Waals surface area contributed by atoms with Gasteiger partial charge in [-0.1, -0.05) is 12.1 Å². The highest BCUT2D eigenvalue weighted by Gasteiger charge is 2.37. The van der Waals surface area contributed by atoms with Crippen LogP contribution in [0.3, 0.4) is 0 Å². The van der Waals surface area contributed by atoms with E-state index in [2.05, 4.69) is 5.10 Å². The summed E-state index contributed by atoms with van der Waals surface area (Å²) in [5.41, 5.74) is 3.18. The number of hydrogen-bond acceptors (Lipinski definition) is 5. The molecule has 1 aromatic rings. The summed E-state index contributed by atoms with van der Waals surface area (Å²) < 4.78 is 23.4. The Bertz CT molecular complexity index is 892. The molecule has 2 amide bonds. The fraction of sp³-hybridized carbons (Fsp3) is 0.500. The Morgan fingerprint density at radius 3 is 2.65 bits per heavy atom. The number of rotatable bonds is 3. The highest BCUT2D eigenvalue weighted by Crippen LogP contribution is 2.25. The zero-order chi connectivity index (χ0) is 19.1. The first-order chi connectivity index (χ1) is 12.2. The molecule has 8 heteroatoms. The van der Waals surface area contributed by atoms with Crippen molar-refractivity contribution in [1.29, 1.82) is 0 Å². The average molecular weight is 377 g/mol. The predicted molar refractivity (Wildman–Crippen MR) is 99.9 cm³/mol. The second-order valence-corrected chi connectivity index (χ2v) is 9.15. The Morgan fingerprint density at radius 1 is 1.27 bits per heavy atom. The number of aryl methyl sites for hydroxylation is 1. The van der Waals surface area contributed by atoms with Crippen LogP contribution in [-0.2, 0) is 19.4 Å². The molecule has 3 rings (SSSR count). The Labute approximate surface area is 153 Å². The normalized spacial score (nSPS) is 22.3. The van der Waals surface area contributed by atoms with Crippen molar-refractivity contribution in [2.24, 2.45) is 5.10 Å². The summed E-state index contributed by atoms with van der Waals surface area (Å²) in [6.45, 7) is 3.94. The minimum atomic E-state index is -3.13. The number of hydrogen-bond donors (Lipinski definition) is 0. The van der Waals surface area contributed by atoms with Gasteiger partial charge in [0.2, 0.25) is 5.91 Å². The van der Waals surface area contributed by atoms with Crippen LogP contribution in [-0.4, -0.2) is 55.5 Å². The maximum absolute atomic E-state index is 12.9. The number of benzene rings is 1. The van der Waals surface area contributed by atoms with Crippen molar-refractivity contribution in [3.8, 4) is 0 Å². The molecule has 26 heavy (non-hydrogen) atoms. The number of nitrogens with zero attached hydrogens (tertiary/aromatic N) is 3. The summed E-state index contributed by atoms with van der Waals surface area (Å²) in [6, 6.07) is 5.27. The van der Waals surface area contributed by atoms with Crippen molar-refractivity contribution >= 4 is 33.1 Å². The van der Waals surface area contributed by atoms with Crippen LogP contribution in [0.25, 0.3) is 0 Å². The Hall–Kier alpha value is -2.22. The van der Waals surface area contributed by atoms with E-state index in [4.69, 9.17) is 0 Å². The second-order valence-electron chi connectivity index (χ2n) is 6.93. The molecule has 1 unspecified atom stereocenters. The summed E-state index contributed by atoms with van der Waals surface area (Å²) in [6.07, 6.45) is 0.802.